The lowest BCUT2D eigenvalue weighted by molar-refractivity contribution is -0.276. The first-order valence-electron chi connectivity index (χ1n) is 15.9. The Hall–Kier alpha value is -4.20. The lowest BCUT2D eigenvalue weighted by Gasteiger charge is -2.42. The van der Waals surface area contributed by atoms with Gasteiger partial charge in [-0.15, -0.1) is 0 Å². The molecule has 12 heteroatoms. The zero-order valence-corrected chi connectivity index (χ0v) is 26.5. The van der Waals surface area contributed by atoms with Gasteiger partial charge in [0.2, 0.25) is 5.82 Å². The maximum atomic E-state index is 14.1. The molecule has 3 N–H and O–H groups in total. The molecule has 0 radical (unpaired) electrons. The van der Waals surface area contributed by atoms with Crippen molar-refractivity contribution in [3.05, 3.63) is 130 Å². The monoisotopic (exact) mass is 682 g/mol. The number of amides is 1. The first-order chi connectivity index (χ1) is 23.5. The third-order valence-electron chi connectivity index (χ3n) is 9.12. The number of carbonyl (C=O) groups is 1. The van der Waals surface area contributed by atoms with E-state index in [1.54, 1.807) is 18.2 Å². The molecule has 4 aromatic carbocycles. The SMILES string of the molecule is CC1C(CN2CCC(O)C2)OC(c2cccc(-c3cccc(CNC(=O)c4c(F)c(F)c(F)c(F)c4F)c3)c2)OC1c1ccc(CO)cc1. The molecule has 0 saturated carbocycles. The molecule has 7 nitrogen and oxygen atoms in total. The van der Waals surface area contributed by atoms with Crippen LogP contribution in [0.25, 0.3) is 11.1 Å². The molecule has 0 aliphatic carbocycles. The number of hydrogen-bond acceptors (Lipinski definition) is 6. The first kappa shape index (κ1) is 34.7. The first-order valence-corrected chi connectivity index (χ1v) is 15.9. The Morgan fingerprint density at radius 2 is 1.49 bits per heavy atom. The molecule has 2 saturated heterocycles. The Morgan fingerprint density at radius 1 is 0.837 bits per heavy atom. The van der Waals surface area contributed by atoms with Crippen molar-refractivity contribution in [2.24, 2.45) is 5.92 Å². The second kappa shape index (κ2) is 14.7. The van der Waals surface area contributed by atoms with Crippen LogP contribution in [0.15, 0.2) is 72.8 Å². The number of halogens is 5. The fourth-order valence-corrected chi connectivity index (χ4v) is 6.36. The minimum absolute atomic E-state index is 0.0334. The number of ether oxygens (including phenoxy) is 2. The molecule has 5 atom stereocenters. The predicted molar refractivity (Wildman–Crippen MR) is 169 cm³/mol. The highest BCUT2D eigenvalue weighted by Crippen LogP contribution is 2.42. The summed E-state index contributed by atoms with van der Waals surface area (Å²) in [6, 6.07) is 22.0. The Bertz CT molecular complexity index is 1790. The number of nitrogens with one attached hydrogen (secondary N) is 1. The van der Waals surface area contributed by atoms with Gasteiger partial charge >= 0.3 is 0 Å². The van der Waals surface area contributed by atoms with Crippen LogP contribution in [-0.4, -0.2) is 52.9 Å². The van der Waals surface area contributed by atoms with E-state index in [1.807, 2.05) is 54.6 Å². The fraction of sp³-hybridized carbons (Fsp3) is 0.324. The minimum Gasteiger partial charge on any atom is -0.392 e. The summed E-state index contributed by atoms with van der Waals surface area (Å²) < 4.78 is 82.1. The zero-order valence-electron chi connectivity index (χ0n) is 26.5. The molecule has 2 aliphatic heterocycles. The van der Waals surface area contributed by atoms with Crippen LogP contribution in [0.3, 0.4) is 0 Å². The molecule has 0 spiro atoms. The van der Waals surface area contributed by atoms with E-state index in [9.17, 15) is 37.0 Å². The standard InChI is InChI=1S/C37H35F5N2O5/c1-20-28(18-44-13-12-27(46)17-44)48-37(49-35(20)23-10-8-21(19-45)9-11-23)26-7-3-6-25(15-26)24-5-2-4-22(14-24)16-43-36(47)29-30(38)32(40)34(42)33(41)31(29)39/h2-11,14-15,20,27-28,35,37,45-46H,12-13,16-19H2,1H3,(H,43,47). The summed E-state index contributed by atoms with van der Waals surface area (Å²) in [7, 11) is 0. The smallest absolute Gasteiger partial charge is 0.257 e. The van der Waals surface area contributed by atoms with Crippen LogP contribution < -0.4 is 5.32 Å². The molecule has 4 aromatic rings. The normalized spacial score (nSPS) is 22.7. The molecule has 6 rings (SSSR count). The number of nitrogens with zero attached hydrogens (tertiary/aromatic N) is 1. The van der Waals surface area contributed by atoms with Crippen LogP contribution in [0.4, 0.5) is 22.0 Å². The molecule has 49 heavy (non-hydrogen) atoms. The largest absolute Gasteiger partial charge is 0.392 e. The summed E-state index contributed by atoms with van der Waals surface area (Å²) in [6.07, 6.45) is -0.948. The quantitative estimate of drug-likeness (QED) is 0.109. The molecule has 2 heterocycles. The predicted octanol–water partition coefficient (Wildman–Crippen LogP) is 6.33. The molecule has 2 fully saturated rings. The average Bonchev–Trinajstić information content (AvgIpc) is 3.54. The summed E-state index contributed by atoms with van der Waals surface area (Å²) >= 11 is 0. The minimum atomic E-state index is -2.34. The average molecular weight is 683 g/mol. The van der Waals surface area contributed by atoms with Gasteiger partial charge < -0.3 is 25.0 Å². The van der Waals surface area contributed by atoms with E-state index in [0.717, 1.165) is 34.4 Å². The van der Waals surface area contributed by atoms with Crippen molar-refractivity contribution in [3.8, 4) is 11.1 Å². The molecule has 1 amide bonds. The molecule has 2 aliphatic rings. The lowest BCUT2D eigenvalue weighted by atomic mass is 9.90. The van der Waals surface area contributed by atoms with Crippen molar-refractivity contribution >= 4 is 5.91 Å². The van der Waals surface area contributed by atoms with Gasteiger partial charge in [0, 0.05) is 37.7 Å². The van der Waals surface area contributed by atoms with E-state index in [1.165, 1.54) is 0 Å². The maximum absolute atomic E-state index is 14.1. The number of β-amino-alcohol motifs (C(OH)–C–C–N with tert-alkyl or cyclic N) is 1. The van der Waals surface area contributed by atoms with E-state index in [2.05, 4.69) is 17.1 Å². The fourth-order valence-electron chi connectivity index (χ4n) is 6.36. The van der Waals surface area contributed by atoms with Gasteiger partial charge in [-0.1, -0.05) is 67.6 Å². The topological polar surface area (TPSA) is 91.3 Å². The molecule has 5 unspecified atom stereocenters. The van der Waals surface area contributed by atoms with Crippen LogP contribution in [0.2, 0.25) is 0 Å². The second-order valence-corrected chi connectivity index (χ2v) is 12.5. The van der Waals surface area contributed by atoms with Gasteiger partial charge in [-0.3, -0.25) is 9.69 Å². The number of benzene rings is 4. The highest BCUT2D eigenvalue weighted by atomic mass is 19.2. The summed E-state index contributed by atoms with van der Waals surface area (Å²) in [4.78, 5) is 14.7. The van der Waals surface area contributed by atoms with Crippen LogP contribution >= 0.6 is 0 Å². The van der Waals surface area contributed by atoms with Crippen LogP contribution in [0.5, 0.6) is 0 Å². The maximum Gasteiger partial charge on any atom is 0.257 e. The third-order valence-corrected chi connectivity index (χ3v) is 9.12. The van der Waals surface area contributed by atoms with Crippen LogP contribution in [-0.2, 0) is 22.6 Å². The summed E-state index contributed by atoms with van der Waals surface area (Å²) in [5.41, 5.74) is 2.95. The Kier molecular flexibility index (Phi) is 10.4. The van der Waals surface area contributed by atoms with Crippen molar-refractivity contribution in [2.75, 3.05) is 19.6 Å². The van der Waals surface area contributed by atoms with Crippen LogP contribution in [0.1, 0.15) is 58.4 Å². The molecule has 0 aromatic heterocycles. The van der Waals surface area contributed by atoms with E-state index in [-0.39, 0.29) is 37.4 Å². The van der Waals surface area contributed by atoms with Crippen molar-refractivity contribution in [1.82, 2.24) is 10.2 Å². The number of hydrogen-bond donors (Lipinski definition) is 3. The summed E-state index contributed by atoms with van der Waals surface area (Å²) in [6.45, 7) is 3.71. The zero-order chi connectivity index (χ0) is 34.8. The molecule has 0 bridgehead atoms. The van der Waals surface area contributed by atoms with E-state index < -0.39 is 46.8 Å². The molecular weight excluding hydrogens is 647 g/mol. The van der Waals surface area contributed by atoms with Gasteiger partial charge in [0.25, 0.3) is 5.91 Å². The Labute approximate surface area is 279 Å². The molecule has 258 valence electrons. The number of aliphatic hydroxyl groups is 2. The van der Waals surface area contributed by atoms with Gasteiger partial charge in [-0.05, 0) is 46.4 Å². The van der Waals surface area contributed by atoms with Gasteiger partial charge in [0.15, 0.2) is 29.6 Å². The van der Waals surface area contributed by atoms with Gasteiger partial charge in [-0.2, -0.15) is 0 Å². The third kappa shape index (κ3) is 7.38. The van der Waals surface area contributed by atoms with Gasteiger partial charge in [0.1, 0.15) is 5.56 Å². The van der Waals surface area contributed by atoms with E-state index in [0.29, 0.717) is 25.1 Å². The van der Waals surface area contributed by atoms with Crippen LogP contribution in [0, 0.1) is 35.0 Å². The number of rotatable bonds is 9. The number of likely N-dealkylation sites (tertiary alicyclic amines) is 1. The summed E-state index contributed by atoms with van der Waals surface area (Å²) in [5.74, 6) is -12.6. The van der Waals surface area contributed by atoms with Crippen molar-refractivity contribution in [3.63, 3.8) is 0 Å². The van der Waals surface area contributed by atoms with Gasteiger partial charge in [-0.25, -0.2) is 22.0 Å². The molecular formula is C37H35F5N2O5. The lowest BCUT2D eigenvalue weighted by Crippen LogP contribution is -2.44. The van der Waals surface area contributed by atoms with Crippen molar-refractivity contribution < 1.29 is 46.4 Å². The highest BCUT2D eigenvalue weighted by Gasteiger charge is 2.40. The van der Waals surface area contributed by atoms with Crippen molar-refractivity contribution in [1.29, 1.82) is 0 Å². The van der Waals surface area contributed by atoms with E-state index >= 15 is 0 Å². The van der Waals surface area contributed by atoms with Crippen molar-refractivity contribution in [2.45, 2.75) is 51.1 Å². The van der Waals surface area contributed by atoms with Gasteiger partial charge in [0.05, 0.1) is 24.9 Å². The Morgan fingerprint density at radius 3 is 2.14 bits per heavy atom. The number of aliphatic hydroxyl groups excluding tert-OH is 2. The number of carbonyl (C=O) groups excluding carboxylic acids is 1. The van der Waals surface area contributed by atoms with E-state index in [4.69, 9.17) is 9.47 Å². The summed E-state index contributed by atoms with van der Waals surface area (Å²) in [5, 5.41) is 21.9. The highest BCUT2D eigenvalue weighted by molar-refractivity contribution is 5.94. The Balaban J connectivity index is 1.22. The second-order valence-electron chi connectivity index (χ2n) is 12.5.